The molecule has 1 N–H and O–H groups in total. The van der Waals surface area contributed by atoms with Crippen molar-refractivity contribution in [2.75, 3.05) is 6.61 Å². The average Bonchev–Trinajstić information content (AvgIpc) is 2.80. The molecule has 2 aliphatic heterocycles. The van der Waals surface area contributed by atoms with Crippen LogP contribution in [0, 0.1) is 23.7 Å². The first kappa shape index (κ1) is 26.1. The highest BCUT2D eigenvalue weighted by Gasteiger charge is 2.48. The molecule has 3 rings (SSSR count). The number of ether oxygens (including phenoxy) is 5. The Morgan fingerprint density at radius 2 is 1.61 bits per heavy atom. The molecular weight excluding hydrogens is 424 g/mol. The first-order valence-corrected chi connectivity index (χ1v) is 12.2. The SMILES string of the molecule is CCC1O[C@@H](O)C(C)[C@H](C)[C@@H]1O[C@@H]1OC(COCc2ccccc2)[C@H](C)[C@H](C)C1OC(C)=O. The van der Waals surface area contributed by atoms with Crippen LogP contribution in [0.4, 0.5) is 0 Å². The highest BCUT2D eigenvalue weighted by molar-refractivity contribution is 5.66. The Morgan fingerprint density at radius 3 is 2.24 bits per heavy atom. The second-order valence-corrected chi connectivity index (χ2v) is 9.63. The van der Waals surface area contributed by atoms with Gasteiger partial charge >= 0.3 is 5.97 Å². The zero-order chi connectivity index (χ0) is 24.1. The van der Waals surface area contributed by atoms with E-state index in [0.717, 1.165) is 5.56 Å². The number of hydrogen-bond donors (Lipinski definition) is 1. The molecule has 2 saturated heterocycles. The largest absolute Gasteiger partial charge is 0.457 e. The van der Waals surface area contributed by atoms with Crippen LogP contribution in [0.3, 0.4) is 0 Å². The van der Waals surface area contributed by atoms with E-state index in [1.807, 2.05) is 44.2 Å². The predicted octanol–water partition coefficient (Wildman–Crippen LogP) is 3.92. The fraction of sp³-hybridized carbons (Fsp3) is 0.731. The molecule has 1 aromatic rings. The number of carbonyl (C=O) groups excluding carboxylic acids is 1. The minimum absolute atomic E-state index is 0.0147. The minimum atomic E-state index is -0.820. The van der Waals surface area contributed by atoms with E-state index in [2.05, 4.69) is 20.8 Å². The third kappa shape index (κ3) is 6.34. The van der Waals surface area contributed by atoms with E-state index < -0.39 is 18.7 Å². The normalized spacial score (nSPS) is 39.2. The molecule has 0 amide bonds. The van der Waals surface area contributed by atoms with Gasteiger partial charge in [-0.3, -0.25) is 4.79 Å². The van der Waals surface area contributed by atoms with Crippen molar-refractivity contribution in [2.45, 2.75) is 91.6 Å². The second-order valence-electron chi connectivity index (χ2n) is 9.63. The molecule has 1 aromatic carbocycles. The maximum Gasteiger partial charge on any atom is 0.303 e. The van der Waals surface area contributed by atoms with Crippen LogP contribution in [0.2, 0.25) is 0 Å². The molecule has 2 fully saturated rings. The fourth-order valence-corrected chi connectivity index (χ4v) is 4.75. The van der Waals surface area contributed by atoms with Gasteiger partial charge in [0, 0.05) is 18.8 Å². The molecule has 0 aliphatic carbocycles. The predicted molar refractivity (Wildman–Crippen MR) is 123 cm³/mol. The third-order valence-corrected chi connectivity index (χ3v) is 7.38. The summed E-state index contributed by atoms with van der Waals surface area (Å²) < 4.78 is 30.4. The number of aliphatic hydroxyl groups is 1. The number of hydrogen-bond acceptors (Lipinski definition) is 7. The highest BCUT2D eigenvalue weighted by atomic mass is 16.7. The standard InChI is InChI=1S/C26H40O7/c1-7-21-23(17(4)18(5)25(28)31-21)33-26-24(30-19(6)27)16(3)15(2)22(32-26)14-29-13-20-11-9-8-10-12-20/h8-12,15-18,21-26,28H,7,13-14H2,1-6H3/t15-,16+,17+,18?,21?,22?,23+,24?,25-,26+/m1/s1. The summed E-state index contributed by atoms with van der Waals surface area (Å²) in [5.74, 6) is -0.287. The maximum atomic E-state index is 11.9. The van der Waals surface area contributed by atoms with Crippen LogP contribution < -0.4 is 0 Å². The van der Waals surface area contributed by atoms with Crippen molar-refractivity contribution in [3.8, 4) is 0 Å². The van der Waals surface area contributed by atoms with Gasteiger partial charge in [-0.25, -0.2) is 0 Å². The summed E-state index contributed by atoms with van der Waals surface area (Å²) in [6.07, 6.45) is -2.16. The molecule has 0 bridgehead atoms. The van der Waals surface area contributed by atoms with Gasteiger partial charge in [-0.05, 0) is 23.8 Å². The van der Waals surface area contributed by atoms with Crippen molar-refractivity contribution in [3.05, 3.63) is 35.9 Å². The zero-order valence-corrected chi connectivity index (χ0v) is 20.7. The van der Waals surface area contributed by atoms with Crippen LogP contribution >= 0.6 is 0 Å². The molecule has 0 saturated carbocycles. The first-order valence-electron chi connectivity index (χ1n) is 12.2. The molecule has 10 atom stereocenters. The number of carbonyl (C=O) groups is 1. The Kier molecular flexibility index (Phi) is 9.30. The highest BCUT2D eigenvalue weighted by Crippen LogP contribution is 2.38. The minimum Gasteiger partial charge on any atom is -0.457 e. The van der Waals surface area contributed by atoms with Crippen molar-refractivity contribution in [2.24, 2.45) is 23.7 Å². The summed E-state index contributed by atoms with van der Waals surface area (Å²) in [7, 11) is 0. The summed E-state index contributed by atoms with van der Waals surface area (Å²) in [4.78, 5) is 11.9. The van der Waals surface area contributed by atoms with Crippen LogP contribution in [-0.4, -0.2) is 54.7 Å². The Balaban J connectivity index is 1.73. The molecular formula is C26H40O7. The van der Waals surface area contributed by atoms with E-state index in [9.17, 15) is 9.90 Å². The van der Waals surface area contributed by atoms with Crippen LogP contribution in [0.5, 0.6) is 0 Å². The smallest absolute Gasteiger partial charge is 0.303 e. The van der Waals surface area contributed by atoms with E-state index in [-0.39, 0.29) is 48.0 Å². The van der Waals surface area contributed by atoms with Gasteiger partial charge in [0.15, 0.2) is 18.7 Å². The Bertz CT molecular complexity index is 739. The average molecular weight is 465 g/mol. The van der Waals surface area contributed by atoms with Gasteiger partial charge in [0.25, 0.3) is 0 Å². The van der Waals surface area contributed by atoms with Gasteiger partial charge < -0.3 is 28.8 Å². The number of rotatable bonds is 8. The van der Waals surface area contributed by atoms with Crippen LogP contribution in [-0.2, 0) is 35.1 Å². The topological polar surface area (TPSA) is 83.5 Å². The Hall–Kier alpha value is -1.51. The second kappa shape index (κ2) is 11.8. The van der Waals surface area contributed by atoms with Gasteiger partial charge in [-0.15, -0.1) is 0 Å². The van der Waals surface area contributed by atoms with E-state index in [0.29, 0.717) is 19.6 Å². The monoisotopic (exact) mass is 464 g/mol. The molecule has 186 valence electrons. The van der Waals surface area contributed by atoms with Crippen LogP contribution in [0.15, 0.2) is 30.3 Å². The fourth-order valence-electron chi connectivity index (χ4n) is 4.75. The summed E-state index contributed by atoms with van der Waals surface area (Å²) >= 11 is 0. The molecule has 0 radical (unpaired) electrons. The molecule has 33 heavy (non-hydrogen) atoms. The lowest BCUT2D eigenvalue weighted by Crippen LogP contribution is -2.57. The van der Waals surface area contributed by atoms with Gasteiger partial charge in [0.05, 0.1) is 31.5 Å². The lowest BCUT2D eigenvalue weighted by molar-refractivity contribution is -0.331. The molecule has 2 heterocycles. The lowest BCUT2D eigenvalue weighted by Gasteiger charge is -2.48. The third-order valence-electron chi connectivity index (χ3n) is 7.38. The van der Waals surface area contributed by atoms with Gasteiger partial charge in [0.2, 0.25) is 0 Å². The Morgan fingerprint density at radius 1 is 0.939 bits per heavy atom. The summed E-state index contributed by atoms with van der Waals surface area (Å²) in [6, 6.07) is 10.0. The van der Waals surface area contributed by atoms with E-state index in [1.54, 1.807) is 0 Å². The maximum absolute atomic E-state index is 11.9. The van der Waals surface area contributed by atoms with Crippen molar-refractivity contribution in [1.82, 2.24) is 0 Å². The van der Waals surface area contributed by atoms with Gasteiger partial charge in [0.1, 0.15) is 0 Å². The summed E-state index contributed by atoms with van der Waals surface area (Å²) in [5.41, 5.74) is 1.10. The Labute approximate surface area is 197 Å². The first-order chi connectivity index (χ1) is 15.7. The van der Waals surface area contributed by atoms with Crippen LogP contribution in [0.25, 0.3) is 0 Å². The van der Waals surface area contributed by atoms with Crippen LogP contribution in [0.1, 0.15) is 53.5 Å². The molecule has 7 nitrogen and oxygen atoms in total. The van der Waals surface area contributed by atoms with Crippen molar-refractivity contribution in [1.29, 1.82) is 0 Å². The van der Waals surface area contributed by atoms with Gasteiger partial charge in [-0.1, -0.05) is 65.0 Å². The van der Waals surface area contributed by atoms with Crippen molar-refractivity contribution < 1.29 is 33.6 Å². The van der Waals surface area contributed by atoms with E-state index >= 15 is 0 Å². The number of aliphatic hydroxyl groups excluding tert-OH is 1. The quantitative estimate of drug-likeness (QED) is 0.584. The molecule has 4 unspecified atom stereocenters. The van der Waals surface area contributed by atoms with Crippen molar-refractivity contribution >= 4 is 5.97 Å². The number of esters is 1. The van der Waals surface area contributed by atoms with Gasteiger partial charge in [-0.2, -0.15) is 0 Å². The number of benzene rings is 1. The summed E-state index contributed by atoms with van der Waals surface area (Å²) in [5, 5.41) is 10.3. The molecule has 7 heteroatoms. The molecule has 0 aromatic heterocycles. The van der Waals surface area contributed by atoms with Crippen molar-refractivity contribution in [3.63, 3.8) is 0 Å². The molecule has 2 aliphatic rings. The zero-order valence-electron chi connectivity index (χ0n) is 20.7. The summed E-state index contributed by atoms with van der Waals surface area (Å²) in [6.45, 7) is 12.5. The lowest BCUT2D eigenvalue weighted by atomic mass is 9.82. The van der Waals surface area contributed by atoms with E-state index in [1.165, 1.54) is 6.92 Å². The molecule has 0 spiro atoms. The van der Waals surface area contributed by atoms with E-state index in [4.69, 9.17) is 23.7 Å².